The smallest absolute Gasteiger partial charge is 0.328 e. The van der Waals surface area contributed by atoms with E-state index in [1.54, 1.807) is 30.9 Å². The first-order valence-corrected chi connectivity index (χ1v) is 22.7. The number of hydrogen-bond donors (Lipinski definition) is 3. The van der Waals surface area contributed by atoms with E-state index in [2.05, 4.69) is 76.8 Å². The number of aryl methyl sites for hydroxylation is 1. The van der Waals surface area contributed by atoms with Crippen molar-refractivity contribution < 1.29 is 22.7 Å². The van der Waals surface area contributed by atoms with E-state index >= 15 is 0 Å². The largest absolute Gasteiger partial charge is 0.489 e. The first kappa shape index (κ1) is 41.7. The second-order valence-corrected chi connectivity index (χ2v) is 19.5. The number of anilines is 6. The van der Waals surface area contributed by atoms with E-state index in [1.165, 1.54) is 18.0 Å². The van der Waals surface area contributed by atoms with Gasteiger partial charge in [-0.3, -0.25) is 24.8 Å². The number of ether oxygens (including phenoxy) is 1. The lowest BCUT2D eigenvalue weighted by atomic mass is 9.85. The van der Waals surface area contributed by atoms with Crippen LogP contribution in [0.4, 0.5) is 39.3 Å². The maximum atomic E-state index is 13.0. The molecule has 6 heterocycles. The molecule has 17 heteroatoms. The summed E-state index contributed by atoms with van der Waals surface area (Å²) in [5, 5.41) is 8.29. The Labute approximate surface area is 356 Å². The van der Waals surface area contributed by atoms with Gasteiger partial charge in [-0.05, 0) is 126 Å². The molecule has 0 saturated carbocycles. The van der Waals surface area contributed by atoms with Gasteiger partial charge in [-0.1, -0.05) is 11.6 Å². The Hall–Kier alpha value is -5.03. The summed E-state index contributed by atoms with van der Waals surface area (Å²) in [6.45, 7) is 16.1. The number of benzene rings is 2. The van der Waals surface area contributed by atoms with Crippen LogP contribution in [0.5, 0.6) is 5.75 Å². The van der Waals surface area contributed by atoms with Gasteiger partial charge in [-0.25, -0.2) is 23.2 Å². The molecule has 4 aliphatic heterocycles. The molecule has 318 valence electrons. The molecule has 2 aromatic carbocycles. The molecule has 3 N–H and O–H groups in total. The van der Waals surface area contributed by atoms with Gasteiger partial charge in [0.25, 0.3) is 0 Å². The zero-order valence-corrected chi connectivity index (χ0v) is 36.3. The third-order valence-corrected chi connectivity index (χ3v) is 14.4. The normalized spacial score (nSPS) is 18.7. The maximum Gasteiger partial charge on any atom is 0.328 e. The van der Waals surface area contributed by atoms with Gasteiger partial charge in [0.2, 0.25) is 11.9 Å². The van der Waals surface area contributed by atoms with Crippen LogP contribution in [0.25, 0.3) is 0 Å². The summed E-state index contributed by atoms with van der Waals surface area (Å²) < 4.78 is 32.4. The highest BCUT2D eigenvalue weighted by atomic mass is 35.5. The second kappa shape index (κ2) is 17.1. The minimum Gasteiger partial charge on any atom is -0.489 e. The molecular formula is C43H53ClN10O5S. The Kier molecular flexibility index (Phi) is 11.9. The molecule has 3 amide bonds. The fourth-order valence-electron chi connectivity index (χ4n) is 8.44. The van der Waals surface area contributed by atoms with Gasteiger partial charge in [0.05, 0.1) is 28.9 Å². The summed E-state index contributed by atoms with van der Waals surface area (Å²) in [5.41, 5.74) is 5.41. The number of imide groups is 1. The molecule has 4 aromatic rings. The number of nitrogens with zero attached hydrogens (tertiary/aromatic N) is 7. The van der Waals surface area contributed by atoms with Gasteiger partial charge in [-0.2, -0.15) is 4.98 Å². The predicted molar refractivity (Wildman–Crippen MR) is 234 cm³/mol. The zero-order valence-electron chi connectivity index (χ0n) is 34.7. The highest BCUT2D eigenvalue weighted by Crippen LogP contribution is 2.40. The molecule has 0 spiro atoms. The fourth-order valence-corrected chi connectivity index (χ4v) is 9.65. The number of rotatable bonds is 13. The molecule has 4 saturated heterocycles. The van der Waals surface area contributed by atoms with E-state index in [9.17, 15) is 18.0 Å². The minimum atomic E-state index is -3.67. The van der Waals surface area contributed by atoms with Crippen molar-refractivity contribution in [1.82, 2.24) is 30.1 Å². The quantitative estimate of drug-likeness (QED) is 0.134. The molecular weight excluding hydrogens is 804 g/mol. The number of hydrogen-bond acceptors (Lipinski definition) is 13. The van der Waals surface area contributed by atoms with Crippen LogP contribution >= 0.6 is 11.6 Å². The van der Waals surface area contributed by atoms with Crippen molar-refractivity contribution in [3.63, 3.8) is 0 Å². The lowest BCUT2D eigenvalue weighted by molar-refractivity contribution is -0.120. The molecule has 8 rings (SSSR count). The number of carbonyl (C=O) groups is 2. The first-order chi connectivity index (χ1) is 28.7. The zero-order chi connectivity index (χ0) is 42.3. The van der Waals surface area contributed by atoms with Crippen LogP contribution in [-0.2, 0) is 14.6 Å². The Morgan fingerprint density at radius 3 is 2.25 bits per heavy atom. The topological polar surface area (TPSA) is 165 Å². The van der Waals surface area contributed by atoms with Gasteiger partial charge >= 0.3 is 6.03 Å². The van der Waals surface area contributed by atoms with Crippen LogP contribution in [0.15, 0.2) is 66.0 Å². The van der Waals surface area contributed by atoms with Gasteiger partial charge in [0, 0.05) is 68.8 Å². The number of sulfone groups is 1. The van der Waals surface area contributed by atoms with Crippen LogP contribution in [-0.4, -0.2) is 114 Å². The van der Waals surface area contributed by atoms with E-state index in [1.807, 2.05) is 26.0 Å². The van der Waals surface area contributed by atoms with Gasteiger partial charge in [-0.15, -0.1) is 0 Å². The van der Waals surface area contributed by atoms with Gasteiger partial charge in [0.15, 0.2) is 20.7 Å². The lowest BCUT2D eigenvalue weighted by Crippen LogP contribution is -2.70. The molecule has 0 unspecified atom stereocenters. The second-order valence-electron chi connectivity index (χ2n) is 16.7. The first-order valence-electron chi connectivity index (χ1n) is 20.7. The van der Waals surface area contributed by atoms with Crippen LogP contribution in [0.2, 0.25) is 5.02 Å². The van der Waals surface area contributed by atoms with Crippen molar-refractivity contribution in [2.24, 2.45) is 0 Å². The Balaban J connectivity index is 0.855. The van der Waals surface area contributed by atoms with Gasteiger partial charge in [0.1, 0.15) is 10.8 Å². The number of amides is 3. The monoisotopic (exact) mass is 856 g/mol. The highest BCUT2D eigenvalue weighted by Gasteiger charge is 2.42. The number of nitrogens with one attached hydrogen (secondary N) is 3. The molecule has 4 aliphatic rings. The summed E-state index contributed by atoms with van der Waals surface area (Å²) in [7, 11) is -3.67. The summed E-state index contributed by atoms with van der Waals surface area (Å²) in [6, 6.07) is 16.4. The van der Waals surface area contributed by atoms with Gasteiger partial charge < -0.3 is 20.3 Å². The van der Waals surface area contributed by atoms with E-state index in [0.29, 0.717) is 36.7 Å². The predicted octanol–water partition coefficient (Wildman–Crippen LogP) is 6.49. The van der Waals surface area contributed by atoms with Crippen molar-refractivity contribution in [1.29, 1.82) is 0 Å². The van der Waals surface area contributed by atoms with Crippen molar-refractivity contribution in [3.05, 3.63) is 77.1 Å². The van der Waals surface area contributed by atoms with E-state index in [-0.39, 0.29) is 45.5 Å². The molecule has 0 radical (unpaired) electrons. The van der Waals surface area contributed by atoms with Crippen LogP contribution < -0.4 is 30.5 Å². The van der Waals surface area contributed by atoms with Crippen molar-refractivity contribution in [2.75, 3.05) is 66.2 Å². The van der Waals surface area contributed by atoms with Crippen molar-refractivity contribution in [2.45, 2.75) is 88.3 Å². The summed E-state index contributed by atoms with van der Waals surface area (Å²) >= 11 is 6.51. The van der Waals surface area contributed by atoms with Crippen LogP contribution in [0.1, 0.15) is 64.0 Å². The summed E-state index contributed by atoms with van der Waals surface area (Å²) in [4.78, 5) is 46.2. The van der Waals surface area contributed by atoms with E-state index in [0.717, 1.165) is 74.7 Å². The SMILES string of the molecule is Cc1cc(Nc2ncc(Cl)c(Nc3cccnc3S(=O)(=O)C(C)C)n2)c(OC(C)C)cc1C1CCN(C2CN(C3CN(c4ccc(N5CCC(=O)NC5=O)cc4)C3)C2)CC1. The van der Waals surface area contributed by atoms with Crippen molar-refractivity contribution >= 4 is 67.9 Å². The van der Waals surface area contributed by atoms with E-state index in [4.69, 9.17) is 16.3 Å². The lowest BCUT2D eigenvalue weighted by Gasteiger charge is -2.55. The number of likely N-dealkylation sites (tertiary alicyclic amines) is 2. The van der Waals surface area contributed by atoms with Crippen LogP contribution in [0, 0.1) is 6.92 Å². The number of carbonyl (C=O) groups excluding carboxylic acids is 2. The number of pyridine rings is 1. The number of aromatic nitrogens is 3. The van der Waals surface area contributed by atoms with E-state index < -0.39 is 15.1 Å². The summed E-state index contributed by atoms with van der Waals surface area (Å²) in [6.07, 6.45) is 5.32. The third-order valence-electron chi connectivity index (χ3n) is 12.0. The molecule has 0 aliphatic carbocycles. The molecule has 0 atom stereocenters. The Morgan fingerprint density at radius 1 is 0.867 bits per heavy atom. The maximum absolute atomic E-state index is 13.0. The van der Waals surface area contributed by atoms with Crippen molar-refractivity contribution in [3.8, 4) is 5.75 Å². The molecule has 0 bridgehead atoms. The average Bonchev–Trinajstić information content (AvgIpc) is 3.18. The molecule has 4 fully saturated rings. The highest BCUT2D eigenvalue weighted by molar-refractivity contribution is 7.92. The average molecular weight is 857 g/mol. The minimum absolute atomic E-state index is 0.0636. The number of urea groups is 1. The number of piperidine rings is 1. The molecule has 2 aromatic heterocycles. The van der Waals surface area contributed by atoms with Crippen LogP contribution in [0.3, 0.4) is 0 Å². The fraction of sp³-hybridized carbons (Fsp3) is 0.465. The molecule has 60 heavy (non-hydrogen) atoms. The Morgan fingerprint density at radius 2 is 1.57 bits per heavy atom. The Bertz CT molecular complexity index is 2340. The third kappa shape index (κ3) is 8.74. The number of halogens is 1. The summed E-state index contributed by atoms with van der Waals surface area (Å²) in [5.74, 6) is 1.42. The molecule has 15 nitrogen and oxygen atoms in total. The standard InChI is InChI=1S/C43H53ClN10O5S/c1-26(2)59-38-20-34(28(5)19-37(38)48-42-46-21-35(44)40(50-42)47-36-7-6-15-45-41(36)60(57,58)27(3)4)29-12-16-51(17-13-29)32-22-53(23-32)33-24-52(25-33)30-8-10-31(11-9-30)54-18-14-39(55)49-43(54)56/h6-11,15,19-21,26-27,29,32-33H,12-14,16-18,22-25H2,1-5H3,(H,49,55,56)(H2,46,47,48,50).